The van der Waals surface area contributed by atoms with Gasteiger partial charge < -0.3 is 4.74 Å². The second-order valence-electron chi connectivity index (χ2n) is 4.92. The van der Waals surface area contributed by atoms with Crippen molar-refractivity contribution in [2.24, 2.45) is 5.92 Å². The molecule has 0 aliphatic rings. The van der Waals surface area contributed by atoms with Gasteiger partial charge in [0, 0.05) is 10.0 Å². The Balaban J connectivity index is 0.00000484. The van der Waals surface area contributed by atoms with Crippen molar-refractivity contribution in [2.75, 3.05) is 6.61 Å². The molecule has 0 radical (unpaired) electrons. The second-order valence-corrected chi connectivity index (χ2v) is 5.73. The van der Waals surface area contributed by atoms with E-state index in [-0.39, 0.29) is 31.4 Å². The Morgan fingerprint density at radius 1 is 1.22 bits per heavy atom. The fourth-order valence-electron chi connectivity index (χ4n) is 1.46. The van der Waals surface area contributed by atoms with Crippen LogP contribution in [-0.4, -0.2) is 24.6 Å². The minimum absolute atomic E-state index is 0. The van der Waals surface area contributed by atoms with E-state index in [4.69, 9.17) is 33.3 Å². The maximum Gasteiger partial charge on any atom is 0.413 e. The molecule has 9 heteroatoms. The molecule has 1 aromatic carbocycles. The predicted octanol–water partition coefficient (Wildman–Crippen LogP) is 3.39. The molecule has 0 aromatic heterocycles. The first-order chi connectivity index (χ1) is 10.3. The molecular formula is C14H18Cl3N3O3. The Hall–Kier alpha value is -1.50. The zero-order chi connectivity index (χ0) is 16.7. The van der Waals surface area contributed by atoms with Crippen LogP contribution in [0.25, 0.3) is 0 Å². The van der Waals surface area contributed by atoms with Crippen LogP contribution in [0.2, 0.25) is 10.0 Å². The molecule has 1 rings (SSSR count). The van der Waals surface area contributed by atoms with E-state index in [0.29, 0.717) is 15.6 Å². The van der Waals surface area contributed by atoms with Gasteiger partial charge in [-0.25, -0.2) is 4.79 Å². The molecule has 0 spiro atoms. The summed E-state index contributed by atoms with van der Waals surface area (Å²) in [6.07, 6.45) is -0.904. The minimum atomic E-state index is -0.797. The van der Waals surface area contributed by atoms with Gasteiger partial charge in [-0.1, -0.05) is 43.1 Å². The van der Waals surface area contributed by atoms with Crippen molar-refractivity contribution >= 4 is 53.6 Å². The molecule has 128 valence electrons. The van der Waals surface area contributed by atoms with Crippen molar-refractivity contribution in [3.63, 3.8) is 0 Å². The Kier molecular flexibility index (Phi) is 9.64. The zero-order valence-electron chi connectivity index (χ0n) is 12.6. The quantitative estimate of drug-likeness (QED) is 0.550. The normalized spacial score (nSPS) is 9.78. The van der Waals surface area contributed by atoms with Gasteiger partial charge in [0.2, 0.25) is 11.9 Å². The minimum Gasteiger partial charge on any atom is -0.449 e. The summed E-state index contributed by atoms with van der Waals surface area (Å²) in [5.41, 5.74) is 0.457. The molecule has 6 nitrogen and oxygen atoms in total. The van der Waals surface area contributed by atoms with Gasteiger partial charge in [-0.05, 0) is 23.6 Å². The van der Waals surface area contributed by atoms with E-state index in [1.807, 2.05) is 13.8 Å². The SMILES string of the molecule is CC(C)COC(=O)NC(=N)NC(=O)Cc1c(Cl)cccc1Cl.Cl. The zero-order valence-corrected chi connectivity index (χ0v) is 14.9. The monoisotopic (exact) mass is 381 g/mol. The first-order valence-corrected chi connectivity index (χ1v) is 7.30. The highest BCUT2D eigenvalue weighted by Crippen LogP contribution is 2.24. The van der Waals surface area contributed by atoms with Crippen molar-refractivity contribution in [1.82, 2.24) is 10.6 Å². The summed E-state index contributed by atoms with van der Waals surface area (Å²) in [5, 5.41) is 12.5. The molecule has 0 unspecified atom stereocenters. The van der Waals surface area contributed by atoms with Gasteiger partial charge in [0.25, 0.3) is 0 Å². The number of carbonyl (C=O) groups is 2. The number of nitrogens with one attached hydrogen (secondary N) is 3. The van der Waals surface area contributed by atoms with Crippen LogP contribution >= 0.6 is 35.6 Å². The maximum absolute atomic E-state index is 11.8. The number of rotatable bonds is 4. The third kappa shape index (κ3) is 8.06. The van der Waals surface area contributed by atoms with Crippen LogP contribution in [0.3, 0.4) is 0 Å². The van der Waals surface area contributed by atoms with Crippen molar-refractivity contribution in [3.8, 4) is 0 Å². The lowest BCUT2D eigenvalue weighted by Crippen LogP contribution is -2.44. The second kappa shape index (κ2) is 10.3. The first-order valence-electron chi connectivity index (χ1n) is 6.54. The Morgan fingerprint density at radius 3 is 2.30 bits per heavy atom. The standard InChI is InChI=1S/C14H17Cl2N3O3.ClH/c1-8(2)7-22-14(21)19-13(17)18-12(20)6-9-10(15)4-3-5-11(9)16;/h3-5,8H,6-7H2,1-2H3,(H3,17,18,19,20,21);1H. The highest BCUT2D eigenvalue weighted by Gasteiger charge is 2.13. The van der Waals surface area contributed by atoms with Gasteiger partial charge in [-0.3, -0.25) is 20.8 Å². The summed E-state index contributed by atoms with van der Waals surface area (Å²) >= 11 is 11.9. The fourth-order valence-corrected chi connectivity index (χ4v) is 1.99. The van der Waals surface area contributed by atoms with E-state index in [0.717, 1.165) is 0 Å². The molecule has 0 atom stereocenters. The van der Waals surface area contributed by atoms with E-state index < -0.39 is 18.0 Å². The number of hydrogen-bond acceptors (Lipinski definition) is 4. The molecule has 0 aliphatic heterocycles. The molecule has 0 saturated carbocycles. The highest BCUT2D eigenvalue weighted by atomic mass is 35.5. The largest absolute Gasteiger partial charge is 0.449 e. The lowest BCUT2D eigenvalue weighted by atomic mass is 10.1. The van der Waals surface area contributed by atoms with Gasteiger partial charge in [0.15, 0.2) is 0 Å². The molecule has 0 saturated heterocycles. The lowest BCUT2D eigenvalue weighted by molar-refractivity contribution is -0.119. The number of amides is 2. The number of benzene rings is 1. The number of ether oxygens (including phenoxy) is 1. The highest BCUT2D eigenvalue weighted by molar-refractivity contribution is 6.36. The van der Waals surface area contributed by atoms with Crippen LogP contribution in [-0.2, 0) is 16.0 Å². The number of halogens is 3. The van der Waals surface area contributed by atoms with Gasteiger partial charge in [0.1, 0.15) is 0 Å². The van der Waals surface area contributed by atoms with E-state index in [1.165, 1.54) is 0 Å². The predicted molar refractivity (Wildman–Crippen MR) is 92.6 cm³/mol. The van der Waals surface area contributed by atoms with Crippen molar-refractivity contribution < 1.29 is 14.3 Å². The first kappa shape index (κ1) is 21.5. The average Bonchev–Trinajstić information content (AvgIpc) is 2.40. The van der Waals surface area contributed by atoms with Gasteiger partial charge in [0.05, 0.1) is 13.0 Å². The maximum atomic E-state index is 11.8. The lowest BCUT2D eigenvalue weighted by Gasteiger charge is -2.11. The topological polar surface area (TPSA) is 91.3 Å². The molecule has 0 fully saturated rings. The third-order valence-electron chi connectivity index (χ3n) is 2.44. The molecule has 3 N–H and O–H groups in total. The Labute approximate surface area is 150 Å². The van der Waals surface area contributed by atoms with Crippen LogP contribution in [0.1, 0.15) is 19.4 Å². The van der Waals surface area contributed by atoms with Crippen LogP contribution in [0.4, 0.5) is 4.79 Å². The molecule has 0 bridgehead atoms. The molecule has 23 heavy (non-hydrogen) atoms. The van der Waals surface area contributed by atoms with E-state index in [1.54, 1.807) is 18.2 Å². The molecular weight excluding hydrogens is 365 g/mol. The summed E-state index contributed by atoms with van der Waals surface area (Å²) in [7, 11) is 0. The molecule has 2 amide bonds. The summed E-state index contributed by atoms with van der Waals surface area (Å²) in [4.78, 5) is 23.2. The van der Waals surface area contributed by atoms with Crippen LogP contribution in [0.15, 0.2) is 18.2 Å². The number of carbonyl (C=O) groups excluding carboxylic acids is 2. The van der Waals surface area contributed by atoms with E-state index >= 15 is 0 Å². The average molecular weight is 383 g/mol. The van der Waals surface area contributed by atoms with Crippen molar-refractivity contribution in [3.05, 3.63) is 33.8 Å². The Morgan fingerprint density at radius 2 is 1.78 bits per heavy atom. The summed E-state index contributed by atoms with van der Waals surface area (Å²) in [6.45, 7) is 3.99. The van der Waals surface area contributed by atoms with Crippen LogP contribution < -0.4 is 10.6 Å². The fraction of sp³-hybridized carbons (Fsp3) is 0.357. The summed E-state index contributed by atoms with van der Waals surface area (Å²) in [6, 6.07) is 4.90. The molecule has 0 heterocycles. The smallest absolute Gasteiger partial charge is 0.413 e. The summed E-state index contributed by atoms with van der Waals surface area (Å²) < 4.78 is 4.83. The summed E-state index contributed by atoms with van der Waals surface area (Å²) in [5.74, 6) is -0.817. The third-order valence-corrected chi connectivity index (χ3v) is 3.15. The number of guanidine groups is 1. The number of alkyl carbamates (subject to hydrolysis) is 1. The van der Waals surface area contributed by atoms with Gasteiger partial charge in [-0.2, -0.15) is 0 Å². The van der Waals surface area contributed by atoms with Crippen molar-refractivity contribution in [1.29, 1.82) is 5.41 Å². The molecule has 0 aliphatic carbocycles. The van der Waals surface area contributed by atoms with Crippen molar-refractivity contribution in [2.45, 2.75) is 20.3 Å². The number of hydrogen-bond donors (Lipinski definition) is 3. The van der Waals surface area contributed by atoms with Crippen LogP contribution in [0.5, 0.6) is 0 Å². The molecule has 1 aromatic rings. The van der Waals surface area contributed by atoms with Crippen LogP contribution in [0, 0.1) is 11.3 Å². The van der Waals surface area contributed by atoms with Gasteiger partial charge >= 0.3 is 6.09 Å². The van der Waals surface area contributed by atoms with Gasteiger partial charge in [-0.15, -0.1) is 12.4 Å². The Bertz CT molecular complexity index is 559. The van der Waals surface area contributed by atoms with E-state index in [9.17, 15) is 9.59 Å². The van der Waals surface area contributed by atoms with E-state index in [2.05, 4.69) is 10.6 Å².